The molecule has 11 heteroatoms. The lowest BCUT2D eigenvalue weighted by atomic mass is 10.1. The van der Waals surface area contributed by atoms with E-state index in [4.69, 9.17) is 4.74 Å². The van der Waals surface area contributed by atoms with Gasteiger partial charge in [0, 0.05) is 51.1 Å². The highest BCUT2D eigenvalue weighted by atomic mass is 32.2. The van der Waals surface area contributed by atoms with Crippen molar-refractivity contribution in [2.75, 3.05) is 55.8 Å². The van der Waals surface area contributed by atoms with Crippen molar-refractivity contribution in [2.45, 2.75) is 25.1 Å². The number of benzene rings is 2. The predicted octanol–water partition coefficient (Wildman–Crippen LogP) is 3.14. The maximum Gasteiger partial charge on any atom is 0.410 e. The molecule has 0 saturated carbocycles. The number of ether oxygens (including phenoxy) is 1. The Kier molecular flexibility index (Phi) is 7.12. The molecule has 9 nitrogen and oxygen atoms in total. The molecule has 6 rings (SSSR count). The fourth-order valence-corrected chi connectivity index (χ4v) is 6.49. The van der Waals surface area contributed by atoms with Crippen LogP contribution in [0.1, 0.15) is 12.0 Å². The second-order valence-electron chi connectivity index (χ2n) is 9.98. The van der Waals surface area contributed by atoms with Crippen LogP contribution in [0.4, 0.5) is 15.1 Å². The van der Waals surface area contributed by atoms with Crippen LogP contribution in [0.2, 0.25) is 0 Å². The second kappa shape index (κ2) is 10.8. The van der Waals surface area contributed by atoms with Gasteiger partial charge in [-0.3, -0.25) is 14.6 Å². The number of anilines is 1. The number of hydrogen-bond acceptors (Lipinski definition) is 7. The summed E-state index contributed by atoms with van der Waals surface area (Å²) in [6.07, 6.45) is 0.166. The first kappa shape index (κ1) is 25.0. The number of thioether (sulfide) groups is 1. The van der Waals surface area contributed by atoms with Crippen molar-refractivity contribution < 1.29 is 18.7 Å². The molecule has 1 N–H and O–H groups in total. The number of nitrogens with one attached hydrogen (secondary N) is 1. The third kappa shape index (κ3) is 5.17. The van der Waals surface area contributed by atoms with Crippen molar-refractivity contribution in [1.82, 2.24) is 24.7 Å². The number of rotatable bonds is 5. The number of H-pyrrole nitrogens is 1. The fraction of sp³-hybridized carbons (Fsp3) is 0.444. The Bertz CT molecular complexity index is 1290. The van der Waals surface area contributed by atoms with Crippen LogP contribution in [0.3, 0.4) is 0 Å². The van der Waals surface area contributed by atoms with Gasteiger partial charge in [0.25, 0.3) is 0 Å². The van der Waals surface area contributed by atoms with Crippen LogP contribution < -0.4 is 4.90 Å². The van der Waals surface area contributed by atoms with Crippen molar-refractivity contribution >= 4 is 40.7 Å². The highest BCUT2D eigenvalue weighted by molar-refractivity contribution is 7.99. The number of amides is 2. The third-order valence-electron chi connectivity index (χ3n) is 7.63. The first-order valence-corrected chi connectivity index (χ1v) is 14.2. The zero-order valence-electron chi connectivity index (χ0n) is 21.1. The summed E-state index contributed by atoms with van der Waals surface area (Å²) in [5.74, 6) is 2.07. The first-order chi connectivity index (χ1) is 18.5. The SMILES string of the molecule is O=C([C@@H]1C[C@H](N2CCN(c3nc4ccc(F)cc4[nH]3)CC2)CN1C(=O)OCc1ccccc1)N1CCSC1. The summed E-state index contributed by atoms with van der Waals surface area (Å²) in [5, 5.41) is 0. The minimum Gasteiger partial charge on any atom is -0.445 e. The molecule has 0 radical (unpaired) electrons. The zero-order valence-corrected chi connectivity index (χ0v) is 21.9. The number of aromatic amines is 1. The molecule has 0 bridgehead atoms. The number of imidazole rings is 1. The van der Waals surface area contributed by atoms with E-state index in [0.29, 0.717) is 24.4 Å². The number of likely N-dealkylation sites (tertiary alicyclic amines) is 1. The van der Waals surface area contributed by atoms with Crippen LogP contribution in [-0.2, 0) is 16.1 Å². The third-order valence-corrected chi connectivity index (χ3v) is 8.60. The van der Waals surface area contributed by atoms with Crippen LogP contribution in [-0.4, -0.2) is 99.6 Å². The minimum absolute atomic E-state index is 0.0160. The smallest absolute Gasteiger partial charge is 0.410 e. The standard InChI is InChI=1S/C27H31FN6O3S/c28-20-6-7-22-23(14-20)30-26(29-22)32-10-8-31(9-11-32)21-15-24(25(35)33-12-13-38-18-33)34(16-21)27(36)37-17-19-4-2-1-3-5-19/h1-7,14,21,24H,8-13,15-18H2,(H,29,30)/t21-,24-/m0/s1. The number of carbonyl (C=O) groups is 2. The Morgan fingerprint density at radius 3 is 2.66 bits per heavy atom. The van der Waals surface area contributed by atoms with E-state index in [1.165, 1.54) is 12.1 Å². The van der Waals surface area contributed by atoms with E-state index in [0.717, 1.165) is 55.5 Å². The Morgan fingerprint density at radius 2 is 1.89 bits per heavy atom. The van der Waals surface area contributed by atoms with Gasteiger partial charge < -0.3 is 19.5 Å². The Labute approximate surface area is 224 Å². The molecule has 3 fully saturated rings. The molecule has 3 aromatic rings. The lowest BCUT2D eigenvalue weighted by Crippen LogP contribution is -2.51. The van der Waals surface area contributed by atoms with Gasteiger partial charge in [-0.1, -0.05) is 30.3 Å². The van der Waals surface area contributed by atoms with E-state index in [2.05, 4.69) is 19.8 Å². The lowest BCUT2D eigenvalue weighted by Gasteiger charge is -2.37. The highest BCUT2D eigenvalue weighted by Gasteiger charge is 2.45. The van der Waals surface area contributed by atoms with Crippen LogP contribution >= 0.6 is 11.8 Å². The summed E-state index contributed by atoms with van der Waals surface area (Å²) < 4.78 is 19.2. The van der Waals surface area contributed by atoms with Crippen molar-refractivity contribution in [3.63, 3.8) is 0 Å². The largest absolute Gasteiger partial charge is 0.445 e. The van der Waals surface area contributed by atoms with Gasteiger partial charge in [0.1, 0.15) is 18.5 Å². The highest BCUT2D eigenvalue weighted by Crippen LogP contribution is 2.28. The average Bonchev–Trinajstić information content (AvgIpc) is 3.72. The zero-order chi connectivity index (χ0) is 26.1. The van der Waals surface area contributed by atoms with E-state index in [-0.39, 0.29) is 24.4 Å². The predicted molar refractivity (Wildman–Crippen MR) is 144 cm³/mol. The topological polar surface area (TPSA) is 85.0 Å². The van der Waals surface area contributed by atoms with Crippen molar-refractivity contribution in [1.29, 1.82) is 0 Å². The number of hydrogen-bond donors (Lipinski definition) is 1. The Balaban J connectivity index is 1.11. The molecule has 0 spiro atoms. The minimum atomic E-state index is -0.509. The maximum absolute atomic E-state index is 13.6. The number of aromatic nitrogens is 2. The summed E-state index contributed by atoms with van der Waals surface area (Å²) >= 11 is 1.74. The van der Waals surface area contributed by atoms with Crippen LogP contribution in [0.15, 0.2) is 48.5 Å². The number of piperazine rings is 1. The average molecular weight is 539 g/mol. The van der Waals surface area contributed by atoms with Crippen LogP contribution in [0.25, 0.3) is 11.0 Å². The molecular formula is C27H31FN6O3S. The van der Waals surface area contributed by atoms with E-state index >= 15 is 0 Å². The van der Waals surface area contributed by atoms with Gasteiger partial charge >= 0.3 is 6.09 Å². The molecule has 0 aliphatic carbocycles. The van der Waals surface area contributed by atoms with Gasteiger partial charge in [0.05, 0.1) is 16.9 Å². The molecule has 2 amide bonds. The summed E-state index contributed by atoms with van der Waals surface area (Å²) in [6.45, 7) is 4.43. The molecule has 4 heterocycles. The molecule has 200 valence electrons. The summed E-state index contributed by atoms with van der Waals surface area (Å²) in [5.41, 5.74) is 2.34. The molecule has 2 atom stereocenters. The maximum atomic E-state index is 13.6. The lowest BCUT2D eigenvalue weighted by molar-refractivity contribution is -0.134. The summed E-state index contributed by atoms with van der Waals surface area (Å²) in [4.78, 5) is 42.5. The normalized spacial score (nSPS) is 22.4. The molecule has 0 unspecified atom stereocenters. The van der Waals surface area contributed by atoms with Gasteiger partial charge in [0.2, 0.25) is 11.9 Å². The monoisotopic (exact) mass is 538 g/mol. The quantitative estimate of drug-likeness (QED) is 0.534. The van der Waals surface area contributed by atoms with Crippen molar-refractivity contribution in [3.05, 3.63) is 59.9 Å². The molecule has 3 aliphatic rings. The first-order valence-electron chi connectivity index (χ1n) is 13.0. The van der Waals surface area contributed by atoms with E-state index in [9.17, 15) is 14.0 Å². The van der Waals surface area contributed by atoms with Gasteiger partial charge in [-0.2, -0.15) is 0 Å². The molecule has 38 heavy (non-hydrogen) atoms. The molecule has 3 saturated heterocycles. The van der Waals surface area contributed by atoms with Crippen LogP contribution in [0, 0.1) is 5.82 Å². The van der Waals surface area contributed by atoms with E-state index in [1.807, 2.05) is 35.2 Å². The van der Waals surface area contributed by atoms with Gasteiger partial charge in [-0.05, 0) is 30.2 Å². The van der Waals surface area contributed by atoms with Gasteiger partial charge in [-0.25, -0.2) is 14.2 Å². The van der Waals surface area contributed by atoms with E-state index in [1.54, 1.807) is 22.7 Å². The van der Waals surface area contributed by atoms with Gasteiger partial charge in [0.15, 0.2) is 0 Å². The van der Waals surface area contributed by atoms with Crippen LogP contribution in [0.5, 0.6) is 0 Å². The summed E-state index contributed by atoms with van der Waals surface area (Å²) in [7, 11) is 0. The Morgan fingerprint density at radius 1 is 1.08 bits per heavy atom. The molecular weight excluding hydrogens is 507 g/mol. The number of fused-ring (bicyclic) bond motifs is 1. The molecule has 2 aromatic carbocycles. The number of halogens is 1. The molecule has 3 aliphatic heterocycles. The fourth-order valence-electron chi connectivity index (χ4n) is 5.53. The summed E-state index contributed by atoms with van der Waals surface area (Å²) in [6, 6.07) is 13.7. The number of nitrogens with zero attached hydrogens (tertiary/aromatic N) is 5. The van der Waals surface area contributed by atoms with Crippen molar-refractivity contribution in [3.8, 4) is 0 Å². The Hall–Kier alpha value is -3.31. The van der Waals surface area contributed by atoms with E-state index < -0.39 is 12.1 Å². The van der Waals surface area contributed by atoms with Gasteiger partial charge in [-0.15, -0.1) is 11.8 Å². The molecule has 1 aromatic heterocycles. The van der Waals surface area contributed by atoms with Crippen molar-refractivity contribution in [2.24, 2.45) is 0 Å². The second-order valence-corrected chi connectivity index (χ2v) is 11.1. The number of carbonyl (C=O) groups excluding carboxylic acids is 2.